The molecule has 1 saturated heterocycles. The molecule has 0 saturated carbocycles. The average Bonchev–Trinajstić information content (AvgIpc) is 2.77. The molecule has 0 aromatic heterocycles. The highest BCUT2D eigenvalue weighted by molar-refractivity contribution is 6.33. The van der Waals surface area contributed by atoms with Crippen LogP contribution in [-0.4, -0.2) is 17.9 Å². The molecule has 1 unspecified atom stereocenters. The molecule has 0 radical (unpaired) electrons. The molecule has 2 aromatic rings. The quantitative estimate of drug-likeness (QED) is 0.884. The number of carbonyl (C=O) groups is 2. The molecular formula is C16H12ClFN2O2. The third kappa shape index (κ3) is 2.55. The molecule has 1 fully saturated rings. The van der Waals surface area contributed by atoms with Gasteiger partial charge in [-0.15, -0.1) is 0 Å². The van der Waals surface area contributed by atoms with Gasteiger partial charge in [-0.2, -0.15) is 0 Å². The Balaban J connectivity index is 1.86. The topological polar surface area (TPSA) is 49.4 Å². The number of para-hydroxylation sites is 2. The second-order valence-corrected chi connectivity index (χ2v) is 5.31. The molecule has 3 rings (SSSR count). The third-order valence-corrected chi connectivity index (χ3v) is 3.77. The van der Waals surface area contributed by atoms with Crippen LogP contribution < -0.4 is 10.2 Å². The summed E-state index contributed by atoms with van der Waals surface area (Å²) in [6.45, 7) is 0. The predicted molar refractivity (Wildman–Crippen MR) is 82.4 cm³/mol. The number of nitrogens with one attached hydrogen (secondary N) is 1. The third-order valence-electron chi connectivity index (χ3n) is 3.44. The molecule has 1 heterocycles. The lowest BCUT2D eigenvalue weighted by Crippen LogP contribution is -2.35. The normalized spacial score (nSPS) is 17.9. The zero-order valence-electron chi connectivity index (χ0n) is 11.4. The van der Waals surface area contributed by atoms with E-state index < -0.39 is 23.7 Å². The average molecular weight is 319 g/mol. The van der Waals surface area contributed by atoms with Crippen LogP contribution >= 0.6 is 11.6 Å². The summed E-state index contributed by atoms with van der Waals surface area (Å²) < 4.78 is 13.8. The van der Waals surface area contributed by atoms with E-state index in [9.17, 15) is 14.0 Å². The van der Waals surface area contributed by atoms with Gasteiger partial charge in [-0.3, -0.25) is 9.59 Å². The molecular weight excluding hydrogens is 307 g/mol. The SMILES string of the molecule is O=C1CC(Nc2ccccc2Cl)C(=O)N1c1ccccc1F. The number of nitrogens with zero attached hydrogens (tertiary/aromatic N) is 1. The van der Waals surface area contributed by atoms with Crippen molar-refractivity contribution in [2.45, 2.75) is 12.5 Å². The monoisotopic (exact) mass is 318 g/mol. The number of hydrogen-bond donors (Lipinski definition) is 1. The van der Waals surface area contributed by atoms with E-state index in [2.05, 4.69) is 5.32 Å². The van der Waals surface area contributed by atoms with Gasteiger partial charge in [-0.1, -0.05) is 35.9 Å². The smallest absolute Gasteiger partial charge is 0.256 e. The number of imide groups is 1. The van der Waals surface area contributed by atoms with Gasteiger partial charge in [0.25, 0.3) is 5.91 Å². The number of halogens is 2. The summed E-state index contributed by atoms with van der Waals surface area (Å²) in [6.07, 6.45) is -0.0433. The summed E-state index contributed by atoms with van der Waals surface area (Å²) in [5.74, 6) is -1.54. The number of carbonyl (C=O) groups excluding carboxylic acids is 2. The van der Waals surface area contributed by atoms with Crippen molar-refractivity contribution in [2.24, 2.45) is 0 Å². The molecule has 22 heavy (non-hydrogen) atoms. The van der Waals surface area contributed by atoms with Crippen molar-refractivity contribution in [2.75, 3.05) is 10.2 Å². The lowest BCUT2D eigenvalue weighted by molar-refractivity contribution is -0.121. The molecule has 0 bridgehead atoms. The van der Waals surface area contributed by atoms with Crippen LogP contribution in [0, 0.1) is 5.82 Å². The van der Waals surface area contributed by atoms with Crippen LogP contribution in [0.3, 0.4) is 0 Å². The number of amides is 2. The first kappa shape index (κ1) is 14.5. The van der Waals surface area contributed by atoms with Crippen LogP contribution in [0.4, 0.5) is 15.8 Å². The largest absolute Gasteiger partial charge is 0.372 e. The minimum absolute atomic E-state index is 0.0269. The van der Waals surface area contributed by atoms with Gasteiger partial charge in [0.2, 0.25) is 5.91 Å². The number of benzene rings is 2. The van der Waals surface area contributed by atoms with E-state index in [0.717, 1.165) is 4.90 Å². The maximum atomic E-state index is 13.8. The molecule has 2 aromatic carbocycles. The summed E-state index contributed by atoms with van der Waals surface area (Å²) in [5.41, 5.74) is 0.534. The molecule has 2 amide bonds. The van der Waals surface area contributed by atoms with E-state index >= 15 is 0 Å². The lowest BCUT2D eigenvalue weighted by atomic mass is 10.2. The molecule has 4 nitrogen and oxygen atoms in total. The second kappa shape index (κ2) is 5.77. The van der Waals surface area contributed by atoms with E-state index in [4.69, 9.17) is 11.6 Å². The molecule has 1 N–H and O–H groups in total. The molecule has 1 aliphatic rings. The van der Waals surface area contributed by atoms with Crippen LogP contribution in [0.15, 0.2) is 48.5 Å². The maximum Gasteiger partial charge on any atom is 0.256 e. The highest BCUT2D eigenvalue weighted by Gasteiger charge is 2.40. The Morgan fingerprint density at radius 3 is 2.50 bits per heavy atom. The highest BCUT2D eigenvalue weighted by Crippen LogP contribution is 2.28. The van der Waals surface area contributed by atoms with Crippen molar-refractivity contribution in [3.05, 3.63) is 59.4 Å². The minimum atomic E-state index is -0.757. The molecule has 1 atom stereocenters. The molecule has 0 spiro atoms. The van der Waals surface area contributed by atoms with Crippen LogP contribution in [0.25, 0.3) is 0 Å². The zero-order valence-corrected chi connectivity index (χ0v) is 12.2. The van der Waals surface area contributed by atoms with E-state index in [1.54, 1.807) is 30.3 Å². The fourth-order valence-corrected chi connectivity index (χ4v) is 2.59. The van der Waals surface area contributed by atoms with E-state index in [-0.39, 0.29) is 12.1 Å². The Morgan fingerprint density at radius 1 is 1.09 bits per heavy atom. The Hall–Kier alpha value is -2.40. The van der Waals surface area contributed by atoms with Gasteiger partial charge < -0.3 is 5.32 Å². The first-order chi connectivity index (χ1) is 10.6. The van der Waals surface area contributed by atoms with E-state index in [0.29, 0.717) is 10.7 Å². The first-order valence-electron chi connectivity index (χ1n) is 6.70. The van der Waals surface area contributed by atoms with Crippen LogP contribution in [0.5, 0.6) is 0 Å². The standard InChI is InChI=1S/C16H12ClFN2O2/c17-10-5-1-3-7-12(10)19-13-9-15(21)20(16(13)22)14-8-4-2-6-11(14)18/h1-8,13,19H,9H2. The van der Waals surface area contributed by atoms with Crippen molar-refractivity contribution in [1.82, 2.24) is 0 Å². The lowest BCUT2D eigenvalue weighted by Gasteiger charge is -2.17. The van der Waals surface area contributed by atoms with Gasteiger partial charge in [0.15, 0.2) is 0 Å². The van der Waals surface area contributed by atoms with Crippen molar-refractivity contribution in [3.63, 3.8) is 0 Å². The van der Waals surface area contributed by atoms with Crippen molar-refractivity contribution >= 4 is 34.8 Å². The second-order valence-electron chi connectivity index (χ2n) is 4.90. The predicted octanol–water partition coefficient (Wildman–Crippen LogP) is 3.22. The van der Waals surface area contributed by atoms with Gasteiger partial charge >= 0.3 is 0 Å². The van der Waals surface area contributed by atoms with Crippen LogP contribution in [0.2, 0.25) is 5.02 Å². The van der Waals surface area contributed by atoms with Gasteiger partial charge in [-0.25, -0.2) is 9.29 Å². The first-order valence-corrected chi connectivity index (χ1v) is 7.08. The maximum absolute atomic E-state index is 13.8. The summed E-state index contributed by atoms with van der Waals surface area (Å²) in [6, 6.07) is 11.9. The van der Waals surface area contributed by atoms with Crippen molar-refractivity contribution in [1.29, 1.82) is 0 Å². The summed E-state index contributed by atoms with van der Waals surface area (Å²) >= 11 is 6.03. The number of hydrogen-bond acceptors (Lipinski definition) is 3. The Labute approximate surface area is 131 Å². The molecule has 112 valence electrons. The number of rotatable bonds is 3. The summed E-state index contributed by atoms with van der Waals surface area (Å²) in [4.78, 5) is 25.4. The molecule has 0 aliphatic carbocycles. The van der Waals surface area contributed by atoms with Crippen molar-refractivity contribution < 1.29 is 14.0 Å². The summed E-state index contributed by atoms with van der Waals surface area (Å²) in [7, 11) is 0. The molecule has 6 heteroatoms. The molecule has 1 aliphatic heterocycles. The van der Waals surface area contributed by atoms with Gasteiger partial charge in [0.1, 0.15) is 11.9 Å². The van der Waals surface area contributed by atoms with Gasteiger partial charge in [0.05, 0.1) is 22.8 Å². The fourth-order valence-electron chi connectivity index (χ4n) is 2.40. The highest BCUT2D eigenvalue weighted by atomic mass is 35.5. The van der Waals surface area contributed by atoms with E-state index in [1.807, 2.05) is 0 Å². The van der Waals surface area contributed by atoms with E-state index in [1.165, 1.54) is 18.2 Å². The van der Waals surface area contributed by atoms with Crippen LogP contribution in [-0.2, 0) is 9.59 Å². The Morgan fingerprint density at radius 2 is 1.77 bits per heavy atom. The fraction of sp³-hybridized carbons (Fsp3) is 0.125. The Bertz CT molecular complexity index is 750. The zero-order chi connectivity index (χ0) is 15.7. The summed E-state index contributed by atoms with van der Waals surface area (Å²) in [5, 5.41) is 3.39. The van der Waals surface area contributed by atoms with Crippen molar-refractivity contribution in [3.8, 4) is 0 Å². The van der Waals surface area contributed by atoms with Gasteiger partial charge in [0, 0.05) is 0 Å². The van der Waals surface area contributed by atoms with Gasteiger partial charge in [-0.05, 0) is 24.3 Å². The number of anilines is 2. The minimum Gasteiger partial charge on any atom is -0.372 e. The van der Waals surface area contributed by atoms with Crippen LogP contribution in [0.1, 0.15) is 6.42 Å². The Kier molecular flexibility index (Phi) is 3.81.